The zero-order valence-corrected chi connectivity index (χ0v) is 40.2. The van der Waals surface area contributed by atoms with Gasteiger partial charge < -0.3 is 64.2 Å². The monoisotopic (exact) mass is 941 g/mol. The first-order chi connectivity index (χ1) is 32.0. The molecule has 0 amide bonds. The normalized spacial score (nSPS) is 26.6. The van der Waals surface area contributed by atoms with Crippen LogP contribution in [-0.2, 0) is 38.0 Å². The highest BCUT2D eigenvalue weighted by molar-refractivity contribution is 5.70. The van der Waals surface area contributed by atoms with Gasteiger partial charge in [-0.05, 0) is 51.4 Å². The number of carbonyl (C=O) groups is 2. The third-order valence-electron chi connectivity index (χ3n) is 11.8. The van der Waals surface area contributed by atoms with Gasteiger partial charge in [-0.3, -0.25) is 9.59 Å². The van der Waals surface area contributed by atoms with Gasteiger partial charge in [0, 0.05) is 12.8 Å². The van der Waals surface area contributed by atoms with Crippen molar-refractivity contribution in [2.24, 2.45) is 0 Å². The van der Waals surface area contributed by atoms with E-state index >= 15 is 0 Å². The molecule has 0 radical (unpaired) electrons. The molecule has 66 heavy (non-hydrogen) atoms. The van der Waals surface area contributed by atoms with Gasteiger partial charge in [0.25, 0.3) is 0 Å². The Morgan fingerprint density at radius 3 is 1.50 bits per heavy atom. The van der Waals surface area contributed by atoms with E-state index in [1.165, 1.54) is 51.4 Å². The molecule has 0 aliphatic carbocycles. The van der Waals surface area contributed by atoms with E-state index in [2.05, 4.69) is 62.5 Å². The van der Waals surface area contributed by atoms with Gasteiger partial charge in [0.15, 0.2) is 18.7 Å². The van der Waals surface area contributed by atoms with Crippen LogP contribution in [0.2, 0.25) is 0 Å². The van der Waals surface area contributed by atoms with Crippen molar-refractivity contribution < 1.29 is 73.8 Å². The number of aliphatic hydroxyl groups excluding tert-OH is 7. The third kappa shape index (κ3) is 26.3. The summed E-state index contributed by atoms with van der Waals surface area (Å²) in [5, 5.41) is 72.0. The molecule has 11 unspecified atom stereocenters. The van der Waals surface area contributed by atoms with Gasteiger partial charge in [-0.25, -0.2) is 0 Å². The summed E-state index contributed by atoms with van der Waals surface area (Å²) in [5.41, 5.74) is 0. The molecule has 2 aliphatic heterocycles. The highest BCUT2D eigenvalue weighted by Crippen LogP contribution is 2.26. The van der Waals surface area contributed by atoms with Crippen LogP contribution in [0.3, 0.4) is 0 Å². The number of carbonyl (C=O) groups excluding carboxylic acids is 2. The average molecular weight is 941 g/mol. The molecule has 11 atom stereocenters. The molecule has 2 saturated heterocycles. The minimum atomic E-state index is -1.77. The predicted molar refractivity (Wildman–Crippen MR) is 252 cm³/mol. The van der Waals surface area contributed by atoms with Crippen molar-refractivity contribution in [2.45, 2.75) is 235 Å². The average Bonchev–Trinajstić information content (AvgIpc) is 3.31. The maximum atomic E-state index is 13.0. The molecular weight excluding hydrogens is 853 g/mol. The number of ether oxygens (including phenoxy) is 6. The van der Waals surface area contributed by atoms with Crippen LogP contribution < -0.4 is 0 Å². The zero-order chi connectivity index (χ0) is 48.2. The van der Waals surface area contributed by atoms with Crippen LogP contribution in [0.25, 0.3) is 0 Å². The lowest BCUT2D eigenvalue weighted by atomic mass is 9.98. The Morgan fingerprint density at radius 1 is 0.500 bits per heavy atom. The highest BCUT2D eigenvalue weighted by Gasteiger charge is 2.47. The molecule has 7 N–H and O–H groups in total. The van der Waals surface area contributed by atoms with Gasteiger partial charge in [0.05, 0.1) is 19.8 Å². The fourth-order valence-corrected chi connectivity index (χ4v) is 7.68. The molecule has 0 aromatic rings. The fraction of sp³-hybridized carbons (Fsp3) is 0.804. The van der Waals surface area contributed by atoms with Crippen LogP contribution in [-0.4, -0.2) is 142 Å². The lowest BCUT2D eigenvalue weighted by molar-refractivity contribution is -0.332. The van der Waals surface area contributed by atoms with Crippen molar-refractivity contribution in [3.8, 4) is 0 Å². The number of allylic oxidation sites excluding steroid dienone is 8. The molecule has 2 aliphatic rings. The Labute approximate surface area is 395 Å². The summed E-state index contributed by atoms with van der Waals surface area (Å²) in [5.74, 6) is -0.938. The fourth-order valence-electron chi connectivity index (χ4n) is 7.68. The minimum absolute atomic E-state index is 0.155. The summed E-state index contributed by atoms with van der Waals surface area (Å²) in [6.07, 6.45) is 24.4. The molecule has 15 heteroatoms. The molecule has 2 heterocycles. The van der Waals surface area contributed by atoms with E-state index < -0.39 is 92.7 Å². The molecule has 15 nitrogen and oxygen atoms in total. The number of hydrogen-bond donors (Lipinski definition) is 7. The minimum Gasteiger partial charge on any atom is -0.462 e. The smallest absolute Gasteiger partial charge is 0.306 e. The first-order valence-corrected chi connectivity index (χ1v) is 25.2. The van der Waals surface area contributed by atoms with E-state index in [1.54, 1.807) is 0 Å². The molecular formula is C51H88O15. The number of aliphatic hydroxyl groups is 7. The van der Waals surface area contributed by atoms with Crippen molar-refractivity contribution in [2.75, 3.05) is 26.4 Å². The van der Waals surface area contributed by atoms with E-state index in [-0.39, 0.29) is 26.1 Å². The maximum absolute atomic E-state index is 13.0. The number of hydrogen-bond acceptors (Lipinski definition) is 15. The van der Waals surface area contributed by atoms with Crippen molar-refractivity contribution in [3.05, 3.63) is 48.6 Å². The number of esters is 2. The Balaban J connectivity index is 1.78. The predicted octanol–water partition coefficient (Wildman–Crippen LogP) is 6.71. The van der Waals surface area contributed by atoms with Crippen LogP contribution in [0.5, 0.6) is 0 Å². The summed E-state index contributed by atoms with van der Waals surface area (Å²) in [6.45, 7) is 2.43. The first-order valence-electron chi connectivity index (χ1n) is 25.2. The molecule has 382 valence electrons. The number of rotatable bonds is 38. The van der Waals surface area contributed by atoms with Gasteiger partial charge >= 0.3 is 11.9 Å². The molecule has 0 aromatic heterocycles. The lowest BCUT2D eigenvalue weighted by Crippen LogP contribution is -2.61. The van der Waals surface area contributed by atoms with Gasteiger partial charge in [-0.1, -0.05) is 152 Å². The second kappa shape index (κ2) is 38.3. The van der Waals surface area contributed by atoms with Crippen LogP contribution in [0.4, 0.5) is 0 Å². The van der Waals surface area contributed by atoms with E-state index in [9.17, 15) is 45.3 Å². The Bertz CT molecular complexity index is 1340. The van der Waals surface area contributed by atoms with E-state index in [0.29, 0.717) is 12.8 Å². The van der Waals surface area contributed by atoms with Crippen LogP contribution in [0.1, 0.15) is 168 Å². The van der Waals surface area contributed by atoms with Crippen molar-refractivity contribution >= 4 is 11.9 Å². The quantitative estimate of drug-likeness (QED) is 0.0194. The summed E-state index contributed by atoms with van der Waals surface area (Å²) in [7, 11) is 0. The van der Waals surface area contributed by atoms with Crippen LogP contribution in [0.15, 0.2) is 48.6 Å². The SMILES string of the molecule is CC/C=C\C/C=C\C/C=C\C/C=C\CCCCCCCCCCC(=O)OC(COC(=O)CCCCCCCCCCC)COC1OC(COC2OC(CO)C(O)C(O)C2O)C(O)C(O)C1O. The van der Waals surface area contributed by atoms with Gasteiger partial charge in [0.1, 0.15) is 55.4 Å². The molecule has 2 fully saturated rings. The molecule has 2 rings (SSSR count). The molecule has 0 bridgehead atoms. The molecule has 0 spiro atoms. The van der Waals surface area contributed by atoms with Gasteiger partial charge in [-0.2, -0.15) is 0 Å². The summed E-state index contributed by atoms with van der Waals surface area (Å²) < 4.78 is 33.5. The highest BCUT2D eigenvalue weighted by atomic mass is 16.7. The van der Waals surface area contributed by atoms with Gasteiger partial charge in [-0.15, -0.1) is 0 Å². The van der Waals surface area contributed by atoms with Crippen molar-refractivity contribution in [1.82, 2.24) is 0 Å². The lowest BCUT2D eigenvalue weighted by Gasteiger charge is -2.42. The van der Waals surface area contributed by atoms with Crippen LogP contribution >= 0.6 is 0 Å². The summed E-state index contributed by atoms with van der Waals surface area (Å²) >= 11 is 0. The van der Waals surface area contributed by atoms with Crippen molar-refractivity contribution in [1.29, 1.82) is 0 Å². The molecule has 0 aromatic carbocycles. The largest absolute Gasteiger partial charge is 0.462 e. The van der Waals surface area contributed by atoms with Crippen LogP contribution in [0, 0.1) is 0 Å². The van der Waals surface area contributed by atoms with E-state index in [4.69, 9.17) is 28.4 Å². The summed E-state index contributed by atoms with van der Waals surface area (Å²) in [4.78, 5) is 25.7. The summed E-state index contributed by atoms with van der Waals surface area (Å²) in [6, 6.07) is 0. The van der Waals surface area contributed by atoms with E-state index in [1.807, 2.05) is 0 Å². The third-order valence-corrected chi connectivity index (χ3v) is 11.8. The number of unbranched alkanes of at least 4 members (excludes halogenated alkanes) is 16. The Morgan fingerprint density at radius 2 is 0.955 bits per heavy atom. The first kappa shape index (κ1) is 59.6. The second-order valence-corrected chi connectivity index (χ2v) is 17.6. The molecule has 0 saturated carbocycles. The second-order valence-electron chi connectivity index (χ2n) is 17.6. The Kier molecular flexibility index (Phi) is 34.6. The maximum Gasteiger partial charge on any atom is 0.306 e. The van der Waals surface area contributed by atoms with Gasteiger partial charge in [0.2, 0.25) is 0 Å². The topological polar surface area (TPSA) is 231 Å². The standard InChI is InChI=1S/C51H88O15/c1-3-5-7-9-11-13-14-15-16-17-18-19-20-21-22-23-24-26-28-30-32-34-43(54)64-39(36-61-42(53)33-31-29-27-25-12-10-8-6-4-2)37-62-50-49(60)47(58)45(56)41(66-50)38-63-51-48(59)46(57)44(55)40(35-52)65-51/h5,7,11,13,15-16,18-19,39-41,44-52,55-60H,3-4,6,8-10,12,14,17,20-38H2,1-2H3/b7-5-,13-11-,16-15-,19-18-. The van der Waals surface area contributed by atoms with E-state index in [0.717, 1.165) is 77.0 Å². The Hall–Kier alpha value is -2.54. The van der Waals surface area contributed by atoms with Crippen molar-refractivity contribution in [3.63, 3.8) is 0 Å². The zero-order valence-electron chi connectivity index (χ0n) is 40.2.